The minimum atomic E-state index is -0.243. The second-order valence-electron chi connectivity index (χ2n) is 4.23. The summed E-state index contributed by atoms with van der Waals surface area (Å²) in [6.07, 6.45) is 1.69. The van der Waals surface area contributed by atoms with Crippen molar-refractivity contribution in [2.75, 3.05) is 20.8 Å². The van der Waals surface area contributed by atoms with Crippen molar-refractivity contribution in [3.8, 4) is 0 Å². The van der Waals surface area contributed by atoms with Crippen LogP contribution in [-0.2, 0) is 15.9 Å². The Morgan fingerprint density at radius 3 is 2.28 bits per heavy atom. The van der Waals surface area contributed by atoms with Crippen LogP contribution in [0.25, 0.3) is 0 Å². The van der Waals surface area contributed by atoms with E-state index in [9.17, 15) is 0 Å². The molecule has 0 saturated heterocycles. The molecule has 0 bridgehead atoms. The Bertz CT molecular complexity index is 325. The molecule has 0 radical (unpaired) electrons. The van der Waals surface area contributed by atoms with Gasteiger partial charge in [-0.05, 0) is 37.1 Å². The van der Waals surface area contributed by atoms with E-state index in [0.29, 0.717) is 0 Å². The number of rotatable bonds is 8. The second kappa shape index (κ2) is 8.48. The van der Waals surface area contributed by atoms with E-state index in [1.54, 1.807) is 14.2 Å². The van der Waals surface area contributed by atoms with E-state index in [1.165, 1.54) is 5.56 Å². The van der Waals surface area contributed by atoms with Gasteiger partial charge in [0.15, 0.2) is 6.29 Å². The number of hydrogen-bond donors (Lipinski definition) is 1. The van der Waals surface area contributed by atoms with Crippen molar-refractivity contribution in [1.29, 1.82) is 0 Å². The normalized spacial score (nSPS) is 12.9. The summed E-state index contributed by atoms with van der Waals surface area (Å²) in [5, 5.41) is 4.21. The summed E-state index contributed by atoms with van der Waals surface area (Å²) in [4.78, 5) is 0. The van der Waals surface area contributed by atoms with Crippen molar-refractivity contribution in [2.45, 2.75) is 32.1 Å². The van der Waals surface area contributed by atoms with Crippen molar-refractivity contribution in [2.24, 2.45) is 0 Å². The third kappa shape index (κ3) is 4.94. The average Bonchev–Trinajstić information content (AvgIpc) is 2.39. The van der Waals surface area contributed by atoms with Gasteiger partial charge in [0.05, 0.1) is 6.04 Å². The maximum atomic E-state index is 5.88. The van der Waals surface area contributed by atoms with Gasteiger partial charge in [-0.2, -0.15) is 0 Å². The Morgan fingerprint density at radius 1 is 1.17 bits per heavy atom. The topological polar surface area (TPSA) is 30.5 Å². The monoisotopic (exact) mass is 271 g/mol. The highest BCUT2D eigenvalue weighted by Crippen LogP contribution is 2.13. The molecular formula is C14H22ClNO2. The SMILES string of the molecule is CCCNC(Cc1ccc(Cl)cc1)C(OC)OC. The maximum Gasteiger partial charge on any atom is 0.172 e. The van der Waals surface area contributed by atoms with Crippen LogP contribution in [0.3, 0.4) is 0 Å². The van der Waals surface area contributed by atoms with Gasteiger partial charge in [0.25, 0.3) is 0 Å². The van der Waals surface area contributed by atoms with Gasteiger partial charge in [-0.1, -0.05) is 30.7 Å². The number of halogens is 1. The molecule has 0 aromatic heterocycles. The fourth-order valence-corrected chi connectivity index (χ4v) is 2.02. The summed E-state index contributed by atoms with van der Waals surface area (Å²) in [5.41, 5.74) is 1.21. The van der Waals surface area contributed by atoms with Crippen LogP contribution in [0.2, 0.25) is 5.02 Å². The molecule has 0 fully saturated rings. The summed E-state index contributed by atoms with van der Waals surface area (Å²) in [7, 11) is 3.33. The van der Waals surface area contributed by atoms with Gasteiger partial charge in [0.2, 0.25) is 0 Å². The lowest BCUT2D eigenvalue weighted by molar-refractivity contribution is -0.122. The molecule has 4 heteroatoms. The molecule has 1 unspecified atom stereocenters. The van der Waals surface area contributed by atoms with Crippen LogP contribution in [0.1, 0.15) is 18.9 Å². The Morgan fingerprint density at radius 2 is 1.78 bits per heavy atom. The van der Waals surface area contributed by atoms with E-state index in [2.05, 4.69) is 12.2 Å². The first kappa shape index (κ1) is 15.4. The minimum absolute atomic E-state index is 0.140. The highest BCUT2D eigenvalue weighted by atomic mass is 35.5. The van der Waals surface area contributed by atoms with Crippen LogP contribution in [0.5, 0.6) is 0 Å². The van der Waals surface area contributed by atoms with Crippen LogP contribution in [-0.4, -0.2) is 33.1 Å². The highest BCUT2D eigenvalue weighted by Gasteiger charge is 2.20. The average molecular weight is 272 g/mol. The number of nitrogens with one attached hydrogen (secondary N) is 1. The lowest BCUT2D eigenvalue weighted by atomic mass is 10.1. The first-order chi connectivity index (χ1) is 8.71. The molecule has 0 aliphatic rings. The molecule has 1 atom stereocenters. The first-order valence-corrected chi connectivity index (χ1v) is 6.62. The van der Waals surface area contributed by atoms with Crippen molar-refractivity contribution in [1.82, 2.24) is 5.32 Å². The number of ether oxygens (including phenoxy) is 2. The van der Waals surface area contributed by atoms with E-state index in [0.717, 1.165) is 24.4 Å². The molecule has 0 spiro atoms. The summed E-state index contributed by atoms with van der Waals surface area (Å²) < 4.78 is 10.7. The lowest BCUT2D eigenvalue weighted by Gasteiger charge is -2.26. The molecule has 1 N–H and O–H groups in total. The van der Waals surface area contributed by atoms with Crippen LogP contribution in [0, 0.1) is 0 Å². The zero-order valence-electron chi connectivity index (χ0n) is 11.3. The van der Waals surface area contributed by atoms with Crippen LogP contribution >= 0.6 is 11.6 Å². The Kier molecular flexibility index (Phi) is 7.28. The molecule has 1 rings (SSSR count). The number of hydrogen-bond acceptors (Lipinski definition) is 3. The van der Waals surface area contributed by atoms with Crippen molar-refractivity contribution < 1.29 is 9.47 Å². The minimum Gasteiger partial charge on any atom is -0.354 e. The van der Waals surface area contributed by atoms with Gasteiger partial charge < -0.3 is 14.8 Å². The summed E-state index contributed by atoms with van der Waals surface area (Å²) >= 11 is 5.88. The largest absolute Gasteiger partial charge is 0.354 e. The van der Waals surface area contributed by atoms with E-state index < -0.39 is 0 Å². The maximum absolute atomic E-state index is 5.88. The number of benzene rings is 1. The first-order valence-electron chi connectivity index (χ1n) is 6.24. The third-order valence-electron chi connectivity index (χ3n) is 2.82. The number of methoxy groups -OCH3 is 2. The predicted octanol–water partition coefficient (Wildman–Crippen LogP) is 2.87. The van der Waals surface area contributed by atoms with Crippen molar-refractivity contribution >= 4 is 11.6 Å². The van der Waals surface area contributed by atoms with Crippen LogP contribution < -0.4 is 5.32 Å². The zero-order chi connectivity index (χ0) is 13.4. The standard InChI is InChI=1S/C14H22ClNO2/c1-4-9-16-13(14(17-2)18-3)10-11-5-7-12(15)8-6-11/h5-8,13-14,16H,4,9-10H2,1-3H3. The van der Waals surface area contributed by atoms with Gasteiger partial charge in [0, 0.05) is 19.2 Å². The Labute approximate surface area is 114 Å². The molecule has 1 aromatic carbocycles. The molecule has 0 amide bonds. The van der Waals surface area contributed by atoms with E-state index >= 15 is 0 Å². The summed E-state index contributed by atoms with van der Waals surface area (Å²) in [6.45, 7) is 3.09. The summed E-state index contributed by atoms with van der Waals surface area (Å²) in [6, 6.07) is 8.02. The lowest BCUT2D eigenvalue weighted by Crippen LogP contribution is -2.44. The molecular weight excluding hydrogens is 250 g/mol. The van der Waals surface area contributed by atoms with Crippen LogP contribution in [0.4, 0.5) is 0 Å². The van der Waals surface area contributed by atoms with Gasteiger partial charge >= 0.3 is 0 Å². The van der Waals surface area contributed by atoms with Crippen molar-refractivity contribution in [3.63, 3.8) is 0 Å². The molecule has 3 nitrogen and oxygen atoms in total. The fourth-order valence-electron chi connectivity index (χ4n) is 1.89. The second-order valence-corrected chi connectivity index (χ2v) is 4.67. The fraction of sp³-hybridized carbons (Fsp3) is 0.571. The van der Waals surface area contributed by atoms with E-state index in [4.69, 9.17) is 21.1 Å². The van der Waals surface area contributed by atoms with E-state index in [-0.39, 0.29) is 12.3 Å². The van der Waals surface area contributed by atoms with Gasteiger partial charge in [-0.25, -0.2) is 0 Å². The van der Waals surface area contributed by atoms with Gasteiger partial charge in [-0.15, -0.1) is 0 Å². The highest BCUT2D eigenvalue weighted by molar-refractivity contribution is 6.30. The summed E-state index contributed by atoms with van der Waals surface area (Å²) in [5.74, 6) is 0. The predicted molar refractivity (Wildman–Crippen MR) is 75.0 cm³/mol. The van der Waals surface area contributed by atoms with Crippen LogP contribution in [0.15, 0.2) is 24.3 Å². The Hall–Kier alpha value is -0.610. The van der Waals surface area contributed by atoms with E-state index in [1.807, 2.05) is 24.3 Å². The quantitative estimate of drug-likeness (QED) is 0.738. The third-order valence-corrected chi connectivity index (χ3v) is 3.07. The molecule has 1 aromatic rings. The Balaban J connectivity index is 2.67. The van der Waals surface area contributed by atoms with Gasteiger partial charge in [0.1, 0.15) is 0 Å². The molecule has 18 heavy (non-hydrogen) atoms. The van der Waals surface area contributed by atoms with Crippen molar-refractivity contribution in [3.05, 3.63) is 34.9 Å². The molecule has 0 heterocycles. The molecule has 0 aliphatic heterocycles. The smallest absolute Gasteiger partial charge is 0.172 e. The zero-order valence-corrected chi connectivity index (χ0v) is 12.0. The molecule has 0 aliphatic carbocycles. The molecule has 0 saturated carbocycles. The van der Waals surface area contributed by atoms with Gasteiger partial charge in [-0.3, -0.25) is 0 Å². The molecule has 102 valence electrons.